The van der Waals surface area contributed by atoms with E-state index in [-0.39, 0.29) is 29.6 Å². The second-order valence-electron chi connectivity index (χ2n) is 6.96. The second-order valence-corrected chi connectivity index (χ2v) is 14.9. The number of halogens is 2. The number of fused-ring (bicyclic) bond motifs is 2. The Morgan fingerprint density at radius 2 is 1.67 bits per heavy atom. The van der Waals surface area contributed by atoms with Gasteiger partial charge in [0.25, 0.3) is 10.5 Å². The number of aromatic nitrogens is 1. The Bertz CT molecular complexity index is 1620. The van der Waals surface area contributed by atoms with E-state index >= 15 is 0 Å². The molecule has 1 aliphatic heterocycles. The van der Waals surface area contributed by atoms with Crippen LogP contribution >= 0.6 is 69.0 Å². The summed E-state index contributed by atoms with van der Waals surface area (Å²) in [6.45, 7) is 13.8. The Morgan fingerprint density at radius 1 is 1.05 bits per heavy atom. The van der Waals surface area contributed by atoms with Crippen molar-refractivity contribution in [3.05, 3.63) is 81.0 Å². The normalized spacial score (nSPS) is 14.5. The minimum atomic E-state index is -4.55. The van der Waals surface area contributed by atoms with E-state index < -0.39 is 32.0 Å². The maximum absolute atomic E-state index is 11.4. The molecular weight excluding hydrogens is 675 g/mol. The molecule has 0 radical (unpaired) electrons. The summed E-state index contributed by atoms with van der Waals surface area (Å²) >= 11 is 17.7. The van der Waals surface area contributed by atoms with Gasteiger partial charge >= 0.3 is 29.6 Å². The third-order valence-corrected chi connectivity index (χ3v) is 10.9. The van der Waals surface area contributed by atoms with E-state index in [0.29, 0.717) is 31.3 Å². The van der Waals surface area contributed by atoms with Crippen LogP contribution in [0.2, 0.25) is 10.0 Å². The van der Waals surface area contributed by atoms with Gasteiger partial charge in [0.1, 0.15) is 21.0 Å². The van der Waals surface area contributed by atoms with Gasteiger partial charge in [-0.1, -0.05) is 64.0 Å². The van der Waals surface area contributed by atoms with Gasteiger partial charge in [-0.15, -0.1) is 49.0 Å². The molecule has 4 rings (SSSR count). The van der Waals surface area contributed by atoms with Gasteiger partial charge in [-0.05, 0) is 13.0 Å². The number of rotatable bonds is 7. The van der Waals surface area contributed by atoms with E-state index in [1.807, 2.05) is 0 Å². The second kappa shape index (κ2) is 15.7. The van der Waals surface area contributed by atoms with Crippen molar-refractivity contribution in [2.45, 2.75) is 17.0 Å². The van der Waals surface area contributed by atoms with Gasteiger partial charge in [-0.25, -0.2) is 16.8 Å². The maximum atomic E-state index is 11.4. The SMILES string of the molecule is C=C.C=C.CC(/C=C\c1sc2scc(Cl)c2[n+]1CS(=O)(=O)[O-])=C/C=C1\Sc2scc(Cl)c2N1CS(=O)(=O)[O-].[Na+]. The van der Waals surface area contributed by atoms with Crippen LogP contribution in [0.4, 0.5) is 5.69 Å². The standard InChI is InChI=1S/C18H14Cl2N2O6S6.2C2H4.Na/c1-10(2-4-13-21(8-33(23,24)25)15-11(19)6-29-17(15)31-13)3-5-14-22(9-34(26,27)28)16-12(20)7-30-18(16)32-14;2*1-2;/h2-7H,8-9H2,1H3,(H-,23,24,25,26,27,28);2*1-2H2;/q;;;+1/p-1. The van der Waals surface area contributed by atoms with Crippen molar-refractivity contribution in [3.8, 4) is 0 Å². The van der Waals surface area contributed by atoms with Gasteiger partial charge in [0.05, 0.1) is 19.9 Å². The minimum absolute atomic E-state index is 0. The topological polar surface area (TPSA) is 122 Å². The molecule has 0 fully saturated rings. The molecule has 17 heteroatoms. The Labute approximate surface area is 276 Å². The summed E-state index contributed by atoms with van der Waals surface area (Å²) < 4.78 is 71.4. The molecule has 0 N–H and O–H groups in total. The van der Waals surface area contributed by atoms with E-state index in [1.165, 1.54) is 55.2 Å². The number of thiophene rings is 2. The number of thiazole rings is 1. The number of hydrogen-bond acceptors (Lipinski definition) is 11. The zero-order valence-corrected chi connectivity index (χ0v) is 29.2. The Kier molecular flexibility index (Phi) is 14.7. The fraction of sp³-hybridized carbons (Fsp3) is 0.136. The smallest absolute Gasteiger partial charge is 0.747 e. The molecule has 0 saturated heterocycles. The third-order valence-electron chi connectivity index (χ3n) is 4.40. The molecule has 3 aromatic rings. The van der Waals surface area contributed by atoms with Crippen LogP contribution in [-0.2, 0) is 26.1 Å². The number of hydrogen-bond donors (Lipinski definition) is 0. The molecule has 3 aromatic heterocycles. The van der Waals surface area contributed by atoms with Gasteiger partial charge < -0.3 is 14.0 Å². The van der Waals surface area contributed by atoms with Crippen molar-refractivity contribution in [2.75, 3.05) is 10.8 Å². The van der Waals surface area contributed by atoms with Crippen molar-refractivity contribution in [3.63, 3.8) is 0 Å². The zero-order valence-electron chi connectivity index (χ0n) is 20.8. The van der Waals surface area contributed by atoms with E-state index in [4.69, 9.17) is 23.2 Å². The molecule has 0 bridgehead atoms. The van der Waals surface area contributed by atoms with Gasteiger partial charge in [0, 0.05) is 16.8 Å². The average molecular weight is 696 g/mol. The molecule has 0 unspecified atom stereocenters. The Hall–Kier alpha value is -0.460. The molecular formula is C22H21Cl2N2NaO6S6. The van der Waals surface area contributed by atoms with E-state index in [1.54, 1.807) is 42.0 Å². The van der Waals surface area contributed by atoms with Crippen molar-refractivity contribution in [1.29, 1.82) is 0 Å². The van der Waals surface area contributed by atoms with Crippen LogP contribution in [0.5, 0.6) is 0 Å². The molecule has 0 aromatic carbocycles. The summed E-state index contributed by atoms with van der Waals surface area (Å²) in [6.07, 6.45) is 6.81. The zero-order chi connectivity index (χ0) is 28.8. The molecule has 0 amide bonds. The van der Waals surface area contributed by atoms with Crippen molar-refractivity contribution in [1.82, 2.24) is 0 Å². The van der Waals surface area contributed by atoms with Gasteiger partial charge in [0.2, 0.25) is 5.88 Å². The van der Waals surface area contributed by atoms with Crippen LogP contribution in [0.3, 0.4) is 0 Å². The largest absolute Gasteiger partial charge is 1.00 e. The number of thioether (sulfide) groups is 1. The predicted molar refractivity (Wildman–Crippen MR) is 160 cm³/mol. The van der Waals surface area contributed by atoms with Crippen LogP contribution in [0.25, 0.3) is 15.6 Å². The minimum Gasteiger partial charge on any atom is -0.747 e. The van der Waals surface area contributed by atoms with E-state index in [0.717, 1.165) is 13.8 Å². The summed E-state index contributed by atoms with van der Waals surface area (Å²) in [4.78, 5) is 1.37. The van der Waals surface area contributed by atoms with Crippen molar-refractivity contribution in [2.24, 2.45) is 0 Å². The first-order valence-corrected chi connectivity index (χ1v) is 17.4. The molecule has 206 valence electrons. The first-order valence-electron chi connectivity index (χ1n) is 10.1. The first kappa shape index (κ1) is 36.6. The van der Waals surface area contributed by atoms with Crippen molar-refractivity contribution < 1.29 is 60.1 Å². The summed E-state index contributed by atoms with van der Waals surface area (Å²) in [5.41, 5.74) is 1.75. The number of nitrogens with zero attached hydrogens (tertiary/aromatic N) is 2. The summed E-state index contributed by atoms with van der Waals surface area (Å²) in [5, 5.41) is 5.17. The molecule has 0 saturated carbocycles. The fourth-order valence-electron chi connectivity index (χ4n) is 3.05. The molecule has 8 nitrogen and oxygen atoms in total. The van der Waals surface area contributed by atoms with E-state index in [9.17, 15) is 25.9 Å². The fourth-order valence-corrected chi connectivity index (χ4v) is 9.58. The van der Waals surface area contributed by atoms with Crippen LogP contribution in [0.15, 0.2) is 70.1 Å². The van der Waals surface area contributed by atoms with Gasteiger partial charge in [-0.2, -0.15) is 4.57 Å². The molecule has 4 heterocycles. The molecule has 0 spiro atoms. The maximum Gasteiger partial charge on any atom is 1.00 e. The van der Waals surface area contributed by atoms with Crippen molar-refractivity contribution >= 4 is 111 Å². The Balaban J connectivity index is 0.00000145. The molecule has 0 aliphatic carbocycles. The summed E-state index contributed by atoms with van der Waals surface area (Å²) in [5.74, 6) is -1.48. The quantitative estimate of drug-likeness (QED) is 0.121. The van der Waals surface area contributed by atoms with Crippen LogP contribution in [-0.4, -0.2) is 31.8 Å². The number of allylic oxidation sites excluding steroid dienone is 4. The summed E-state index contributed by atoms with van der Waals surface area (Å²) in [6, 6.07) is 0. The number of anilines is 1. The van der Waals surface area contributed by atoms with E-state index in [2.05, 4.69) is 26.3 Å². The summed E-state index contributed by atoms with van der Waals surface area (Å²) in [7, 11) is -9.09. The average Bonchev–Trinajstić information content (AvgIpc) is 3.57. The Morgan fingerprint density at radius 3 is 2.26 bits per heavy atom. The first-order chi connectivity index (χ1) is 17.8. The van der Waals surface area contributed by atoms with Crippen LogP contribution < -0.4 is 39.0 Å². The van der Waals surface area contributed by atoms with Crippen LogP contribution in [0, 0.1) is 0 Å². The monoisotopic (exact) mass is 694 g/mol. The predicted octanol–water partition coefficient (Wildman–Crippen LogP) is 3.65. The molecule has 1 aliphatic rings. The third kappa shape index (κ3) is 9.81. The molecule has 39 heavy (non-hydrogen) atoms. The van der Waals surface area contributed by atoms with Crippen LogP contribution in [0.1, 0.15) is 11.9 Å². The van der Waals surface area contributed by atoms with Gasteiger partial charge in [0.15, 0.2) is 14.1 Å². The van der Waals surface area contributed by atoms with Gasteiger partial charge in [-0.3, -0.25) is 0 Å². The molecule has 0 atom stereocenters.